The molecule has 0 radical (unpaired) electrons. The van der Waals surface area contributed by atoms with E-state index in [1.807, 2.05) is 0 Å². The average Bonchev–Trinajstić information content (AvgIpc) is 3.10. The molecule has 0 bridgehead atoms. The fraction of sp³-hybridized carbons (Fsp3) is 0.583. The van der Waals surface area contributed by atoms with E-state index in [2.05, 4.69) is 25.6 Å². The molecule has 1 fully saturated rings. The number of H-pyrrole nitrogens is 1. The van der Waals surface area contributed by atoms with Crippen LogP contribution >= 0.6 is 11.3 Å². The van der Waals surface area contributed by atoms with Crippen LogP contribution in [0, 0.1) is 6.92 Å². The van der Waals surface area contributed by atoms with E-state index in [0.29, 0.717) is 49.6 Å². The Kier molecular flexibility index (Phi) is 4.39. The molecule has 3 heterocycles. The van der Waals surface area contributed by atoms with Gasteiger partial charge in [0.1, 0.15) is 0 Å². The Morgan fingerprint density at radius 2 is 1.96 bits per heavy atom. The van der Waals surface area contributed by atoms with E-state index in [0.717, 1.165) is 0 Å². The van der Waals surface area contributed by atoms with E-state index in [4.69, 9.17) is 0 Å². The molecule has 2 aromatic rings. The molecule has 24 heavy (non-hydrogen) atoms. The normalized spacial score (nSPS) is 16.3. The summed E-state index contributed by atoms with van der Waals surface area (Å²) in [6, 6.07) is 0. The number of aromatic nitrogens is 5. The van der Waals surface area contributed by atoms with Gasteiger partial charge in [-0.1, -0.05) is 11.3 Å². The second-order valence-electron chi connectivity index (χ2n) is 5.28. The standard InChI is InChI=1S/C12H14F3N7OS/c1-7-8(17-20-16-7)9(23)21-3-2-4-22(6-5-21)11-19-18-10(24-11)12(13,14)15/h2-6H2,1H3,(H,16,17,20). The lowest BCUT2D eigenvalue weighted by atomic mass is 10.3. The second-order valence-corrected chi connectivity index (χ2v) is 6.23. The van der Waals surface area contributed by atoms with Crippen LogP contribution in [0.3, 0.4) is 0 Å². The Hall–Kier alpha value is -2.24. The number of carbonyl (C=O) groups excluding carboxylic acids is 1. The summed E-state index contributed by atoms with van der Waals surface area (Å²) in [7, 11) is 0. The third-order valence-electron chi connectivity index (χ3n) is 3.64. The molecule has 130 valence electrons. The number of nitrogens with one attached hydrogen (secondary N) is 1. The highest BCUT2D eigenvalue weighted by Gasteiger charge is 2.36. The summed E-state index contributed by atoms with van der Waals surface area (Å²) in [4.78, 5) is 15.8. The molecule has 0 spiro atoms. The maximum absolute atomic E-state index is 12.6. The average molecular weight is 361 g/mol. The first-order valence-corrected chi connectivity index (χ1v) is 8.00. The topological polar surface area (TPSA) is 90.9 Å². The molecule has 0 atom stereocenters. The Balaban J connectivity index is 1.68. The van der Waals surface area contributed by atoms with Crippen molar-refractivity contribution >= 4 is 22.4 Å². The number of amides is 1. The highest BCUT2D eigenvalue weighted by molar-refractivity contribution is 7.15. The highest BCUT2D eigenvalue weighted by Crippen LogP contribution is 2.34. The SMILES string of the molecule is Cc1n[nH]nc1C(=O)N1CCCN(c2nnc(C(F)(F)F)s2)CC1. The van der Waals surface area contributed by atoms with Gasteiger partial charge in [-0.3, -0.25) is 4.79 Å². The van der Waals surface area contributed by atoms with Crippen molar-refractivity contribution in [3.63, 3.8) is 0 Å². The Labute approximate surface area is 138 Å². The predicted molar refractivity (Wildman–Crippen MR) is 78.8 cm³/mol. The van der Waals surface area contributed by atoms with Gasteiger partial charge >= 0.3 is 6.18 Å². The maximum Gasteiger partial charge on any atom is 0.445 e. The smallest absolute Gasteiger partial charge is 0.345 e. The minimum Gasteiger partial charge on any atom is -0.345 e. The number of aromatic amines is 1. The van der Waals surface area contributed by atoms with Gasteiger partial charge in [0.25, 0.3) is 5.91 Å². The van der Waals surface area contributed by atoms with Gasteiger partial charge in [0.05, 0.1) is 5.69 Å². The molecule has 12 heteroatoms. The van der Waals surface area contributed by atoms with Crippen molar-refractivity contribution in [2.45, 2.75) is 19.5 Å². The predicted octanol–water partition coefficient (Wildman–Crippen LogP) is 1.34. The summed E-state index contributed by atoms with van der Waals surface area (Å²) in [5, 5.41) is 16.2. The van der Waals surface area contributed by atoms with Crippen LogP contribution in [0.1, 0.15) is 27.6 Å². The van der Waals surface area contributed by atoms with E-state index in [9.17, 15) is 18.0 Å². The third kappa shape index (κ3) is 3.32. The number of hydrogen-bond acceptors (Lipinski definition) is 7. The van der Waals surface area contributed by atoms with Crippen molar-refractivity contribution in [3.8, 4) is 0 Å². The number of aryl methyl sites for hydroxylation is 1. The Morgan fingerprint density at radius 3 is 2.58 bits per heavy atom. The van der Waals surface area contributed by atoms with Gasteiger partial charge in [-0.05, 0) is 13.3 Å². The molecule has 1 aliphatic heterocycles. The molecule has 1 aliphatic rings. The van der Waals surface area contributed by atoms with Crippen molar-refractivity contribution in [2.24, 2.45) is 0 Å². The van der Waals surface area contributed by atoms with E-state index < -0.39 is 11.2 Å². The fourth-order valence-electron chi connectivity index (χ4n) is 2.41. The zero-order valence-electron chi connectivity index (χ0n) is 12.7. The molecular formula is C12H14F3N7OS. The summed E-state index contributed by atoms with van der Waals surface area (Å²) in [6.45, 7) is 3.43. The molecule has 1 amide bonds. The molecule has 0 saturated carbocycles. The monoisotopic (exact) mass is 361 g/mol. The van der Waals surface area contributed by atoms with Crippen LogP contribution in [0.4, 0.5) is 18.3 Å². The van der Waals surface area contributed by atoms with E-state index in [1.165, 1.54) is 0 Å². The number of carbonyl (C=O) groups is 1. The van der Waals surface area contributed by atoms with Crippen molar-refractivity contribution in [1.29, 1.82) is 0 Å². The van der Waals surface area contributed by atoms with Crippen LogP contribution in [-0.2, 0) is 6.18 Å². The van der Waals surface area contributed by atoms with Gasteiger partial charge in [0.15, 0.2) is 5.69 Å². The van der Waals surface area contributed by atoms with Crippen LogP contribution in [-0.4, -0.2) is 62.6 Å². The largest absolute Gasteiger partial charge is 0.445 e. The second kappa shape index (κ2) is 6.34. The molecule has 0 aliphatic carbocycles. The lowest BCUT2D eigenvalue weighted by molar-refractivity contribution is -0.138. The number of alkyl halides is 3. The van der Waals surface area contributed by atoms with E-state index in [1.54, 1.807) is 16.7 Å². The molecule has 2 aromatic heterocycles. The minimum atomic E-state index is -4.49. The molecular weight excluding hydrogens is 347 g/mol. The number of halogens is 3. The summed E-state index contributed by atoms with van der Waals surface area (Å²) >= 11 is 0.513. The lowest BCUT2D eigenvalue weighted by Crippen LogP contribution is -2.35. The van der Waals surface area contributed by atoms with Gasteiger partial charge in [-0.2, -0.15) is 28.6 Å². The summed E-state index contributed by atoms with van der Waals surface area (Å²) < 4.78 is 37.9. The van der Waals surface area contributed by atoms with Crippen LogP contribution in [0.5, 0.6) is 0 Å². The first-order valence-electron chi connectivity index (χ1n) is 7.18. The molecule has 3 rings (SSSR count). The first-order chi connectivity index (χ1) is 11.4. The molecule has 8 nitrogen and oxygen atoms in total. The number of rotatable bonds is 2. The molecule has 0 unspecified atom stereocenters. The highest BCUT2D eigenvalue weighted by atomic mass is 32.1. The van der Waals surface area contributed by atoms with E-state index >= 15 is 0 Å². The zero-order chi connectivity index (χ0) is 17.3. The van der Waals surface area contributed by atoms with Crippen molar-refractivity contribution in [3.05, 3.63) is 16.4 Å². The van der Waals surface area contributed by atoms with Gasteiger partial charge in [0.2, 0.25) is 10.1 Å². The van der Waals surface area contributed by atoms with Gasteiger partial charge in [-0.15, -0.1) is 10.2 Å². The summed E-state index contributed by atoms with van der Waals surface area (Å²) in [5.41, 5.74) is 0.777. The van der Waals surface area contributed by atoms with Crippen LogP contribution < -0.4 is 4.90 Å². The van der Waals surface area contributed by atoms with Crippen LogP contribution in [0.2, 0.25) is 0 Å². The zero-order valence-corrected chi connectivity index (χ0v) is 13.5. The Morgan fingerprint density at radius 1 is 1.17 bits per heavy atom. The van der Waals surface area contributed by atoms with Gasteiger partial charge in [-0.25, -0.2) is 0 Å². The summed E-state index contributed by atoms with van der Waals surface area (Å²) in [6.07, 6.45) is -3.88. The third-order valence-corrected chi connectivity index (χ3v) is 4.66. The maximum atomic E-state index is 12.6. The van der Waals surface area contributed by atoms with Crippen molar-refractivity contribution in [2.75, 3.05) is 31.1 Å². The quantitative estimate of drug-likeness (QED) is 0.868. The first kappa shape index (κ1) is 16.6. The number of nitrogens with zero attached hydrogens (tertiary/aromatic N) is 6. The fourth-order valence-corrected chi connectivity index (χ4v) is 3.17. The van der Waals surface area contributed by atoms with Gasteiger partial charge < -0.3 is 9.80 Å². The summed E-state index contributed by atoms with van der Waals surface area (Å²) in [5.74, 6) is -0.239. The Bertz CT molecular complexity index is 728. The van der Waals surface area contributed by atoms with Gasteiger partial charge in [0, 0.05) is 26.2 Å². The molecule has 0 aromatic carbocycles. The molecule has 1 saturated heterocycles. The van der Waals surface area contributed by atoms with Crippen molar-refractivity contribution in [1.82, 2.24) is 30.5 Å². The van der Waals surface area contributed by atoms with E-state index in [-0.39, 0.29) is 16.7 Å². The van der Waals surface area contributed by atoms with Crippen LogP contribution in [0.15, 0.2) is 0 Å². The van der Waals surface area contributed by atoms with Crippen molar-refractivity contribution < 1.29 is 18.0 Å². The lowest BCUT2D eigenvalue weighted by Gasteiger charge is -2.20. The minimum absolute atomic E-state index is 0.217. The van der Waals surface area contributed by atoms with Crippen LogP contribution in [0.25, 0.3) is 0 Å². The molecule has 1 N–H and O–H groups in total. The number of hydrogen-bond donors (Lipinski definition) is 1. The number of anilines is 1.